The summed E-state index contributed by atoms with van der Waals surface area (Å²) < 4.78 is 53.5. The zero-order valence-electron chi connectivity index (χ0n) is 18.6. The van der Waals surface area contributed by atoms with Crippen molar-refractivity contribution in [3.63, 3.8) is 0 Å². The van der Waals surface area contributed by atoms with E-state index in [9.17, 15) is 27.2 Å². The molecular formula is C24H23F4N5O2. The SMILES string of the molecule is O=C(CNC(c1ccccc1)c1cn[nH]c1)N1CCN(C(=O)c2cc(F)ccc2C(F)(F)F)CC1. The summed E-state index contributed by atoms with van der Waals surface area (Å²) in [5.74, 6) is -2.04. The van der Waals surface area contributed by atoms with E-state index in [-0.39, 0.29) is 44.7 Å². The van der Waals surface area contributed by atoms with E-state index >= 15 is 0 Å². The van der Waals surface area contributed by atoms with E-state index in [4.69, 9.17) is 0 Å². The topological polar surface area (TPSA) is 81.3 Å². The molecule has 1 fully saturated rings. The Bertz CT molecular complexity index is 1160. The van der Waals surface area contributed by atoms with E-state index in [1.807, 2.05) is 30.3 Å². The number of benzene rings is 2. The fourth-order valence-electron chi connectivity index (χ4n) is 4.06. The number of halogens is 4. The molecule has 0 radical (unpaired) electrons. The first-order valence-corrected chi connectivity index (χ1v) is 10.9. The van der Waals surface area contributed by atoms with E-state index in [2.05, 4.69) is 15.5 Å². The quantitative estimate of drug-likeness (QED) is 0.521. The van der Waals surface area contributed by atoms with Crippen LogP contribution in [0.15, 0.2) is 60.9 Å². The van der Waals surface area contributed by atoms with Crippen molar-refractivity contribution in [1.29, 1.82) is 0 Å². The molecule has 1 aliphatic heterocycles. The number of carbonyl (C=O) groups is 2. The van der Waals surface area contributed by atoms with E-state index < -0.39 is 29.0 Å². The van der Waals surface area contributed by atoms with Crippen LogP contribution in [-0.4, -0.2) is 64.5 Å². The van der Waals surface area contributed by atoms with Crippen LogP contribution in [0.1, 0.15) is 33.1 Å². The standard InChI is InChI=1S/C24H23F4N5O2/c25-18-6-7-20(24(26,27)28)19(12-18)23(35)33-10-8-32(9-11-33)21(34)15-29-22(17-13-30-31-14-17)16-4-2-1-3-5-16/h1-7,12-14,22,29H,8-11,15H2,(H,30,31). The summed E-state index contributed by atoms with van der Waals surface area (Å²) in [4.78, 5) is 28.3. The van der Waals surface area contributed by atoms with Gasteiger partial charge in [0.25, 0.3) is 5.91 Å². The second-order valence-electron chi connectivity index (χ2n) is 8.12. The molecule has 1 atom stereocenters. The smallest absolute Gasteiger partial charge is 0.338 e. The number of carbonyl (C=O) groups excluding carboxylic acids is 2. The van der Waals surface area contributed by atoms with Crippen molar-refractivity contribution in [2.75, 3.05) is 32.7 Å². The molecule has 11 heteroatoms. The Morgan fingerprint density at radius 3 is 2.31 bits per heavy atom. The van der Waals surface area contributed by atoms with Gasteiger partial charge in [0.1, 0.15) is 5.82 Å². The molecule has 2 heterocycles. The number of aromatic amines is 1. The number of piperazine rings is 1. The van der Waals surface area contributed by atoms with Gasteiger partial charge in [-0.15, -0.1) is 0 Å². The molecule has 2 N–H and O–H groups in total. The van der Waals surface area contributed by atoms with Crippen molar-refractivity contribution in [3.05, 3.63) is 89.0 Å². The number of H-pyrrole nitrogens is 1. The summed E-state index contributed by atoms with van der Waals surface area (Å²) >= 11 is 0. The number of rotatable bonds is 6. The average Bonchev–Trinajstić information content (AvgIpc) is 3.38. The molecule has 2 aromatic carbocycles. The molecule has 1 aliphatic rings. The molecule has 0 spiro atoms. The van der Waals surface area contributed by atoms with Gasteiger partial charge in [-0.05, 0) is 23.8 Å². The van der Waals surface area contributed by atoms with Crippen LogP contribution in [0.2, 0.25) is 0 Å². The highest BCUT2D eigenvalue weighted by Gasteiger charge is 2.37. The van der Waals surface area contributed by atoms with Crippen LogP contribution < -0.4 is 5.32 Å². The van der Waals surface area contributed by atoms with Crippen LogP contribution >= 0.6 is 0 Å². The van der Waals surface area contributed by atoms with Gasteiger partial charge in [0.05, 0.1) is 29.9 Å². The molecule has 0 bridgehead atoms. The number of hydrogen-bond donors (Lipinski definition) is 2. The van der Waals surface area contributed by atoms with Crippen molar-refractivity contribution < 1.29 is 27.2 Å². The summed E-state index contributed by atoms with van der Waals surface area (Å²) in [6, 6.07) is 11.1. The normalized spacial score (nSPS) is 15.2. The fourth-order valence-corrected chi connectivity index (χ4v) is 4.06. The average molecular weight is 489 g/mol. The second-order valence-corrected chi connectivity index (χ2v) is 8.12. The maximum Gasteiger partial charge on any atom is 0.417 e. The highest BCUT2D eigenvalue weighted by Crippen LogP contribution is 2.33. The van der Waals surface area contributed by atoms with Gasteiger partial charge in [0.2, 0.25) is 5.91 Å². The molecule has 1 unspecified atom stereocenters. The van der Waals surface area contributed by atoms with Crippen molar-refractivity contribution >= 4 is 11.8 Å². The van der Waals surface area contributed by atoms with Crippen LogP contribution in [0.4, 0.5) is 17.6 Å². The molecule has 1 aromatic heterocycles. The Morgan fingerprint density at radius 1 is 1.00 bits per heavy atom. The van der Waals surface area contributed by atoms with Gasteiger partial charge >= 0.3 is 6.18 Å². The van der Waals surface area contributed by atoms with Gasteiger partial charge in [-0.25, -0.2) is 4.39 Å². The van der Waals surface area contributed by atoms with Crippen molar-refractivity contribution in [1.82, 2.24) is 25.3 Å². The van der Waals surface area contributed by atoms with Crippen LogP contribution in [0, 0.1) is 5.82 Å². The van der Waals surface area contributed by atoms with Gasteiger partial charge in [-0.1, -0.05) is 30.3 Å². The predicted molar refractivity (Wildman–Crippen MR) is 119 cm³/mol. The maximum absolute atomic E-state index is 13.6. The Balaban J connectivity index is 1.37. The number of hydrogen-bond acceptors (Lipinski definition) is 4. The fraction of sp³-hybridized carbons (Fsp3) is 0.292. The van der Waals surface area contributed by atoms with Gasteiger partial charge in [-0.3, -0.25) is 20.0 Å². The van der Waals surface area contributed by atoms with E-state index in [0.29, 0.717) is 18.2 Å². The van der Waals surface area contributed by atoms with Crippen molar-refractivity contribution in [3.8, 4) is 0 Å². The minimum absolute atomic E-state index is 0.0147. The van der Waals surface area contributed by atoms with Crippen LogP contribution in [-0.2, 0) is 11.0 Å². The zero-order chi connectivity index (χ0) is 25.0. The summed E-state index contributed by atoms with van der Waals surface area (Å²) in [7, 11) is 0. The van der Waals surface area contributed by atoms with Crippen LogP contribution in [0.5, 0.6) is 0 Å². The largest absolute Gasteiger partial charge is 0.417 e. The summed E-state index contributed by atoms with van der Waals surface area (Å²) in [5, 5.41) is 9.96. The molecule has 0 aliphatic carbocycles. The molecule has 3 aromatic rings. The molecule has 35 heavy (non-hydrogen) atoms. The lowest BCUT2D eigenvalue weighted by Crippen LogP contribution is -2.52. The van der Waals surface area contributed by atoms with Gasteiger partial charge in [-0.2, -0.15) is 18.3 Å². The number of nitrogens with zero attached hydrogens (tertiary/aromatic N) is 3. The maximum atomic E-state index is 13.6. The number of amides is 2. The van der Waals surface area contributed by atoms with Gasteiger partial charge in [0.15, 0.2) is 0 Å². The minimum Gasteiger partial charge on any atom is -0.338 e. The summed E-state index contributed by atoms with van der Waals surface area (Å²) in [5.41, 5.74) is -0.106. The lowest BCUT2D eigenvalue weighted by atomic mass is 10.0. The van der Waals surface area contributed by atoms with Crippen LogP contribution in [0.25, 0.3) is 0 Å². The van der Waals surface area contributed by atoms with E-state index in [1.165, 1.54) is 4.90 Å². The predicted octanol–water partition coefficient (Wildman–Crippen LogP) is 3.23. The van der Waals surface area contributed by atoms with Gasteiger partial charge in [0, 0.05) is 37.9 Å². The summed E-state index contributed by atoms with van der Waals surface area (Å²) in [6.07, 6.45) is -1.38. The molecule has 1 saturated heterocycles. The monoisotopic (exact) mass is 489 g/mol. The third kappa shape index (κ3) is 5.68. The molecule has 184 valence electrons. The number of nitrogens with one attached hydrogen (secondary N) is 2. The summed E-state index contributed by atoms with van der Waals surface area (Å²) in [6.45, 7) is 0.417. The zero-order valence-corrected chi connectivity index (χ0v) is 18.6. The highest BCUT2D eigenvalue weighted by atomic mass is 19.4. The van der Waals surface area contributed by atoms with E-state index in [1.54, 1.807) is 17.3 Å². The van der Waals surface area contributed by atoms with Crippen LogP contribution in [0.3, 0.4) is 0 Å². The minimum atomic E-state index is -4.79. The van der Waals surface area contributed by atoms with E-state index in [0.717, 1.165) is 11.1 Å². The Labute approximate surface area is 198 Å². The lowest BCUT2D eigenvalue weighted by molar-refractivity contribution is -0.138. The molecule has 0 saturated carbocycles. The number of alkyl halides is 3. The molecule has 7 nitrogen and oxygen atoms in total. The Kier molecular flexibility index (Phi) is 7.15. The third-order valence-electron chi connectivity index (χ3n) is 5.88. The first-order chi connectivity index (χ1) is 16.7. The molecular weight excluding hydrogens is 466 g/mol. The third-order valence-corrected chi connectivity index (χ3v) is 5.88. The van der Waals surface area contributed by atoms with Crippen molar-refractivity contribution in [2.24, 2.45) is 0 Å². The highest BCUT2D eigenvalue weighted by molar-refractivity contribution is 5.96. The Morgan fingerprint density at radius 2 is 1.69 bits per heavy atom. The first kappa shape index (κ1) is 24.4. The lowest BCUT2D eigenvalue weighted by Gasteiger charge is -2.35. The number of aromatic nitrogens is 2. The van der Waals surface area contributed by atoms with Crippen molar-refractivity contribution in [2.45, 2.75) is 12.2 Å². The Hall–Kier alpha value is -3.73. The first-order valence-electron chi connectivity index (χ1n) is 10.9. The van der Waals surface area contributed by atoms with Gasteiger partial charge < -0.3 is 9.80 Å². The molecule has 2 amide bonds. The molecule has 4 rings (SSSR count). The second kappa shape index (κ2) is 10.3.